The average Bonchev–Trinajstić information content (AvgIpc) is 2.25. The second-order valence-electron chi connectivity index (χ2n) is 5.47. The van der Waals surface area contributed by atoms with Crippen molar-refractivity contribution in [2.45, 2.75) is 26.5 Å². The Morgan fingerprint density at radius 1 is 1.33 bits per heavy atom. The van der Waals surface area contributed by atoms with Crippen LogP contribution in [-0.4, -0.2) is 15.0 Å². The van der Waals surface area contributed by atoms with E-state index in [0.29, 0.717) is 5.56 Å². The van der Waals surface area contributed by atoms with Crippen LogP contribution in [-0.2, 0) is 20.1 Å². The summed E-state index contributed by atoms with van der Waals surface area (Å²) in [5, 5.41) is 0. The normalized spacial score (nSPS) is 12.4. The third kappa shape index (κ3) is 5.47. The fourth-order valence-corrected chi connectivity index (χ4v) is 2.53. The van der Waals surface area contributed by atoms with E-state index in [2.05, 4.69) is 6.58 Å². The summed E-state index contributed by atoms with van der Waals surface area (Å²) in [7, 11) is -3.53. The molecule has 0 heterocycles. The molecule has 0 atom stereocenters. The van der Waals surface area contributed by atoms with E-state index in [1.54, 1.807) is 18.2 Å². The van der Waals surface area contributed by atoms with Crippen molar-refractivity contribution in [3.05, 3.63) is 42.0 Å². The standard InChI is InChI=1S/C14H20O3S/c1-5-12-7-6-8-13(9-12)10-18(15,16)17-11-14(2,3)4/h5-9H,1,10-11H2,2-4H3. The van der Waals surface area contributed by atoms with E-state index >= 15 is 0 Å². The van der Waals surface area contributed by atoms with Crippen molar-refractivity contribution in [3.8, 4) is 0 Å². The zero-order valence-electron chi connectivity index (χ0n) is 11.1. The highest BCUT2D eigenvalue weighted by atomic mass is 32.2. The van der Waals surface area contributed by atoms with Gasteiger partial charge in [0, 0.05) is 0 Å². The largest absolute Gasteiger partial charge is 0.271 e. The fraction of sp³-hybridized carbons (Fsp3) is 0.429. The van der Waals surface area contributed by atoms with Crippen LogP contribution in [0.15, 0.2) is 30.8 Å². The van der Waals surface area contributed by atoms with Gasteiger partial charge < -0.3 is 0 Å². The van der Waals surface area contributed by atoms with Gasteiger partial charge in [0.1, 0.15) is 5.75 Å². The molecule has 0 spiro atoms. The lowest BCUT2D eigenvalue weighted by Gasteiger charge is -2.17. The first-order valence-corrected chi connectivity index (χ1v) is 7.38. The minimum Gasteiger partial charge on any atom is -0.269 e. The van der Waals surface area contributed by atoms with Gasteiger partial charge in [-0.05, 0) is 16.5 Å². The van der Waals surface area contributed by atoms with E-state index in [9.17, 15) is 8.42 Å². The van der Waals surface area contributed by atoms with Gasteiger partial charge in [0.05, 0.1) is 6.61 Å². The van der Waals surface area contributed by atoms with Gasteiger partial charge in [0.25, 0.3) is 10.1 Å². The number of rotatable bonds is 5. The highest BCUT2D eigenvalue weighted by Gasteiger charge is 2.18. The second kappa shape index (κ2) is 5.67. The smallest absolute Gasteiger partial charge is 0.269 e. The van der Waals surface area contributed by atoms with Gasteiger partial charge in [-0.25, -0.2) is 0 Å². The zero-order chi connectivity index (χ0) is 13.8. The monoisotopic (exact) mass is 268 g/mol. The molecule has 0 aromatic heterocycles. The molecule has 0 unspecified atom stereocenters. The lowest BCUT2D eigenvalue weighted by molar-refractivity contribution is 0.203. The summed E-state index contributed by atoms with van der Waals surface area (Å²) >= 11 is 0. The lowest BCUT2D eigenvalue weighted by Crippen LogP contribution is -2.19. The van der Waals surface area contributed by atoms with Crippen LogP contribution < -0.4 is 0 Å². The van der Waals surface area contributed by atoms with Crippen LogP contribution in [0.1, 0.15) is 31.9 Å². The predicted octanol–water partition coefficient (Wildman–Crippen LogP) is 3.22. The Morgan fingerprint density at radius 3 is 2.56 bits per heavy atom. The summed E-state index contributed by atoms with van der Waals surface area (Å²) in [5.41, 5.74) is 1.44. The Kier molecular flexibility index (Phi) is 4.71. The fourth-order valence-electron chi connectivity index (χ4n) is 1.32. The van der Waals surface area contributed by atoms with Crippen LogP contribution in [0.5, 0.6) is 0 Å². The molecule has 18 heavy (non-hydrogen) atoms. The summed E-state index contributed by atoms with van der Waals surface area (Å²) in [6.45, 7) is 9.64. The SMILES string of the molecule is C=Cc1cccc(CS(=O)(=O)OCC(C)(C)C)c1. The van der Waals surface area contributed by atoms with Gasteiger partial charge in [0.2, 0.25) is 0 Å². The molecule has 1 rings (SSSR count). The maximum atomic E-state index is 11.8. The van der Waals surface area contributed by atoms with Gasteiger partial charge >= 0.3 is 0 Å². The Balaban J connectivity index is 2.73. The van der Waals surface area contributed by atoms with Gasteiger partial charge in [-0.15, -0.1) is 0 Å². The van der Waals surface area contributed by atoms with Crippen LogP contribution >= 0.6 is 0 Å². The third-order valence-electron chi connectivity index (χ3n) is 2.20. The van der Waals surface area contributed by atoms with Gasteiger partial charge in [0.15, 0.2) is 0 Å². The van der Waals surface area contributed by atoms with Gasteiger partial charge in [-0.3, -0.25) is 4.18 Å². The molecule has 1 aromatic carbocycles. The third-order valence-corrected chi connectivity index (χ3v) is 3.37. The lowest BCUT2D eigenvalue weighted by atomic mass is 9.99. The number of hydrogen-bond acceptors (Lipinski definition) is 3. The topological polar surface area (TPSA) is 43.4 Å². The second-order valence-corrected chi connectivity index (χ2v) is 7.11. The first-order valence-electron chi connectivity index (χ1n) is 5.80. The molecule has 0 bridgehead atoms. The van der Waals surface area contributed by atoms with E-state index in [1.807, 2.05) is 32.9 Å². The molecule has 0 aliphatic rings. The molecular weight excluding hydrogens is 248 g/mol. The van der Waals surface area contributed by atoms with Crippen LogP contribution in [0.25, 0.3) is 6.08 Å². The Morgan fingerprint density at radius 2 is 2.00 bits per heavy atom. The molecule has 0 amide bonds. The molecule has 0 N–H and O–H groups in total. The summed E-state index contributed by atoms with van der Waals surface area (Å²) in [6, 6.07) is 7.25. The van der Waals surface area contributed by atoms with Crippen molar-refractivity contribution in [1.82, 2.24) is 0 Å². The number of hydrogen-bond donors (Lipinski definition) is 0. The molecule has 0 saturated heterocycles. The first kappa shape index (κ1) is 14.9. The predicted molar refractivity (Wildman–Crippen MR) is 74.6 cm³/mol. The van der Waals surface area contributed by atoms with Crippen LogP contribution in [0.3, 0.4) is 0 Å². The van der Waals surface area contributed by atoms with Crippen molar-refractivity contribution in [2.24, 2.45) is 5.41 Å². The average molecular weight is 268 g/mol. The van der Waals surface area contributed by atoms with Crippen molar-refractivity contribution in [1.29, 1.82) is 0 Å². The van der Waals surface area contributed by atoms with E-state index < -0.39 is 10.1 Å². The molecule has 0 fully saturated rings. The van der Waals surface area contributed by atoms with E-state index in [-0.39, 0.29) is 17.8 Å². The molecule has 0 aliphatic heterocycles. The van der Waals surface area contributed by atoms with Gasteiger partial charge in [-0.1, -0.05) is 57.7 Å². The van der Waals surface area contributed by atoms with Crippen LogP contribution in [0, 0.1) is 5.41 Å². The molecule has 0 saturated carbocycles. The highest BCUT2D eigenvalue weighted by Crippen LogP contribution is 2.17. The summed E-state index contributed by atoms with van der Waals surface area (Å²) < 4.78 is 28.6. The Labute approximate surface area is 110 Å². The number of benzene rings is 1. The van der Waals surface area contributed by atoms with Crippen LogP contribution in [0.2, 0.25) is 0 Å². The summed E-state index contributed by atoms with van der Waals surface area (Å²) in [4.78, 5) is 0. The van der Waals surface area contributed by atoms with Crippen molar-refractivity contribution in [2.75, 3.05) is 6.61 Å². The molecule has 0 radical (unpaired) electrons. The maximum Gasteiger partial charge on any atom is 0.271 e. The van der Waals surface area contributed by atoms with Crippen molar-refractivity contribution >= 4 is 16.2 Å². The molecule has 0 aliphatic carbocycles. The van der Waals surface area contributed by atoms with E-state index in [1.165, 1.54) is 0 Å². The molecule has 100 valence electrons. The van der Waals surface area contributed by atoms with Crippen molar-refractivity contribution < 1.29 is 12.6 Å². The summed E-state index contributed by atoms with van der Waals surface area (Å²) in [5.74, 6) is -0.106. The molecular formula is C14H20O3S. The van der Waals surface area contributed by atoms with E-state index in [4.69, 9.17) is 4.18 Å². The minimum atomic E-state index is -3.53. The van der Waals surface area contributed by atoms with E-state index in [0.717, 1.165) is 5.56 Å². The summed E-state index contributed by atoms with van der Waals surface area (Å²) in [6.07, 6.45) is 1.69. The van der Waals surface area contributed by atoms with Gasteiger partial charge in [-0.2, -0.15) is 8.42 Å². The zero-order valence-corrected chi connectivity index (χ0v) is 12.0. The molecule has 4 heteroatoms. The Bertz CT molecular complexity index is 510. The molecule has 1 aromatic rings. The van der Waals surface area contributed by atoms with Crippen LogP contribution in [0.4, 0.5) is 0 Å². The molecule has 3 nitrogen and oxygen atoms in total. The van der Waals surface area contributed by atoms with Crippen molar-refractivity contribution in [3.63, 3.8) is 0 Å². The quantitative estimate of drug-likeness (QED) is 0.770. The maximum absolute atomic E-state index is 11.8. The minimum absolute atomic E-state index is 0.106. The first-order chi connectivity index (χ1) is 8.22. The highest BCUT2D eigenvalue weighted by molar-refractivity contribution is 7.85. The Hall–Kier alpha value is -1.13.